The van der Waals surface area contributed by atoms with E-state index in [1.54, 1.807) is 31.3 Å². The van der Waals surface area contributed by atoms with Gasteiger partial charge >= 0.3 is 0 Å². The summed E-state index contributed by atoms with van der Waals surface area (Å²) in [5.74, 6) is 1.55. The van der Waals surface area contributed by atoms with Crippen molar-refractivity contribution < 1.29 is 13.7 Å². The van der Waals surface area contributed by atoms with Gasteiger partial charge in [0.2, 0.25) is 11.7 Å². The molecule has 0 bridgehead atoms. The summed E-state index contributed by atoms with van der Waals surface area (Å²) in [6.45, 7) is 2.64. The summed E-state index contributed by atoms with van der Waals surface area (Å²) in [6, 6.07) is 13.3. The fourth-order valence-electron chi connectivity index (χ4n) is 2.51. The Morgan fingerprint density at radius 1 is 1.23 bits per heavy atom. The Labute approximate surface area is 196 Å². The van der Waals surface area contributed by atoms with Crippen LogP contribution in [0.1, 0.15) is 12.8 Å². The normalized spacial score (nSPS) is 12.1. The number of halogens is 3. The molecule has 7 nitrogen and oxygen atoms in total. The molecule has 2 aromatic carbocycles. The second kappa shape index (κ2) is 11.7. The van der Waals surface area contributed by atoms with Crippen molar-refractivity contribution >= 4 is 41.5 Å². The van der Waals surface area contributed by atoms with Gasteiger partial charge in [-0.15, -0.1) is 24.0 Å². The van der Waals surface area contributed by atoms with E-state index < -0.39 is 0 Å². The molecule has 10 heteroatoms. The molecule has 0 spiro atoms. The Balaban J connectivity index is 0.00000320. The first kappa shape index (κ1) is 23.9. The van der Waals surface area contributed by atoms with Crippen molar-refractivity contribution in [3.8, 4) is 17.1 Å². The van der Waals surface area contributed by atoms with E-state index in [1.165, 1.54) is 12.1 Å². The van der Waals surface area contributed by atoms with Gasteiger partial charge in [-0.3, -0.25) is 4.99 Å². The minimum absolute atomic E-state index is 0. The molecule has 1 aromatic heterocycles. The van der Waals surface area contributed by atoms with Gasteiger partial charge in [-0.25, -0.2) is 4.39 Å². The highest BCUT2D eigenvalue weighted by Crippen LogP contribution is 2.19. The van der Waals surface area contributed by atoms with Gasteiger partial charge < -0.3 is 19.9 Å². The molecule has 1 atom stereocenters. The highest BCUT2D eigenvalue weighted by atomic mass is 127. The SMILES string of the molecule is CN=C(NCc1nc(-c2cccc(Cl)c2)no1)NCC(C)Oc1cccc(F)c1.I. The number of guanidine groups is 1. The molecule has 1 heterocycles. The van der Waals surface area contributed by atoms with Gasteiger partial charge in [-0.2, -0.15) is 4.98 Å². The summed E-state index contributed by atoms with van der Waals surface area (Å²) in [4.78, 5) is 8.49. The first-order valence-corrected chi connectivity index (χ1v) is 9.36. The Kier molecular flexibility index (Phi) is 9.31. The number of nitrogens with one attached hydrogen (secondary N) is 2. The maximum Gasteiger partial charge on any atom is 0.246 e. The van der Waals surface area contributed by atoms with E-state index in [9.17, 15) is 4.39 Å². The van der Waals surface area contributed by atoms with Crippen LogP contribution in [0.5, 0.6) is 5.75 Å². The molecule has 3 aromatic rings. The number of aliphatic imine (C=N–C) groups is 1. The van der Waals surface area contributed by atoms with Gasteiger partial charge in [0.1, 0.15) is 17.7 Å². The summed E-state index contributed by atoms with van der Waals surface area (Å²) in [7, 11) is 1.65. The first-order valence-electron chi connectivity index (χ1n) is 8.99. The van der Waals surface area contributed by atoms with Crippen LogP contribution in [-0.2, 0) is 6.54 Å². The molecule has 0 fully saturated rings. The van der Waals surface area contributed by atoms with Crippen LogP contribution in [0.3, 0.4) is 0 Å². The fraction of sp³-hybridized carbons (Fsp3) is 0.250. The third kappa shape index (κ3) is 7.13. The average Bonchev–Trinajstić information content (AvgIpc) is 3.17. The van der Waals surface area contributed by atoms with Crippen molar-refractivity contribution in [2.45, 2.75) is 19.6 Å². The third-order valence-electron chi connectivity index (χ3n) is 3.87. The van der Waals surface area contributed by atoms with Crippen LogP contribution < -0.4 is 15.4 Å². The van der Waals surface area contributed by atoms with Gasteiger partial charge in [0.05, 0.1) is 13.1 Å². The predicted octanol–water partition coefficient (Wildman–Crippen LogP) is 4.28. The van der Waals surface area contributed by atoms with Crippen molar-refractivity contribution in [3.63, 3.8) is 0 Å². The fourth-order valence-corrected chi connectivity index (χ4v) is 2.70. The zero-order valence-electron chi connectivity index (χ0n) is 16.4. The molecule has 3 rings (SSSR count). The largest absolute Gasteiger partial charge is 0.489 e. The number of hydrogen-bond donors (Lipinski definition) is 2. The minimum atomic E-state index is -0.336. The van der Waals surface area contributed by atoms with Crippen LogP contribution in [0.4, 0.5) is 4.39 Å². The van der Waals surface area contributed by atoms with E-state index >= 15 is 0 Å². The van der Waals surface area contributed by atoms with E-state index in [0.29, 0.717) is 41.5 Å². The van der Waals surface area contributed by atoms with E-state index in [0.717, 1.165) is 5.56 Å². The van der Waals surface area contributed by atoms with E-state index in [2.05, 4.69) is 25.8 Å². The summed E-state index contributed by atoms with van der Waals surface area (Å²) >= 11 is 5.99. The molecule has 0 aliphatic carbocycles. The Hall–Kier alpha value is -2.40. The molecule has 0 aliphatic rings. The highest BCUT2D eigenvalue weighted by molar-refractivity contribution is 14.0. The Bertz CT molecular complexity index is 985. The van der Waals surface area contributed by atoms with Gasteiger partial charge in [-0.1, -0.05) is 35.0 Å². The number of benzene rings is 2. The second-order valence-corrected chi connectivity index (χ2v) is 6.65. The lowest BCUT2D eigenvalue weighted by molar-refractivity contribution is 0.223. The summed E-state index contributed by atoms with van der Waals surface area (Å²) in [5.41, 5.74) is 0.776. The van der Waals surface area contributed by atoms with Gasteiger partial charge in [-0.05, 0) is 31.2 Å². The smallest absolute Gasteiger partial charge is 0.246 e. The van der Waals surface area contributed by atoms with E-state index in [4.69, 9.17) is 20.9 Å². The van der Waals surface area contributed by atoms with Crippen LogP contribution in [0.2, 0.25) is 5.02 Å². The lowest BCUT2D eigenvalue weighted by atomic mass is 10.2. The van der Waals surface area contributed by atoms with Crippen LogP contribution >= 0.6 is 35.6 Å². The standard InChI is InChI=1S/C20H21ClFN5O2.HI/c1-13(28-17-8-4-7-16(22)10-17)11-24-20(23-2)25-12-18-26-19(27-29-18)14-5-3-6-15(21)9-14;/h3-10,13H,11-12H2,1-2H3,(H2,23,24,25);1H. The zero-order chi connectivity index (χ0) is 20.6. The number of rotatable bonds is 7. The molecule has 160 valence electrons. The summed E-state index contributed by atoms with van der Waals surface area (Å²) < 4.78 is 24.2. The third-order valence-corrected chi connectivity index (χ3v) is 4.11. The minimum Gasteiger partial charge on any atom is -0.489 e. The predicted molar refractivity (Wildman–Crippen MR) is 125 cm³/mol. The maximum absolute atomic E-state index is 13.2. The van der Waals surface area contributed by atoms with Crippen LogP contribution in [0, 0.1) is 5.82 Å². The van der Waals surface area contributed by atoms with Crippen molar-refractivity contribution in [2.24, 2.45) is 4.99 Å². The Morgan fingerprint density at radius 2 is 2.03 bits per heavy atom. The number of nitrogens with zero attached hydrogens (tertiary/aromatic N) is 3. The lowest BCUT2D eigenvalue weighted by Crippen LogP contribution is -2.41. The molecule has 0 radical (unpaired) electrons. The van der Waals surface area contributed by atoms with Gasteiger partial charge in [0.15, 0.2) is 5.96 Å². The summed E-state index contributed by atoms with van der Waals surface area (Å²) in [6.07, 6.45) is -0.201. The van der Waals surface area contributed by atoms with Crippen LogP contribution in [-0.4, -0.2) is 35.8 Å². The van der Waals surface area contributed by atoms with Gasteiger partial charge in [0, 0.05) is 23.7 Å². The van der Waals surface area contributed by atoms with Crippen molar-refractivity contribution in [2.75, 3.05) is 13.6 Å². The summed E-state index contributed by atoms with van der Waals surface area (Å²) in [5, 5.41) is 10.8. The molecule has 0 saturated carbocycles. The molecule has 1 unspecified atom stereocenters. The van der Waals surface area contributed by atoms with Gasteiger partial charge in [0.25, 0.3) is 0 Å². The molecule has 0 amide bonds. The van der Waals surface area contributed by atoms with Crippen molar-refractivity contribution in [1.29, 1.82) is 0 Å². The van der Waals surface area contributed by atoms with E-state index in [1.807, 2.05) is 19.1 Å². The number of hydrogen-bond acceptors (Lipinski definition) is 5. The second-order valence-electron chi connectivity index (χ2n) is 6.21. The first-order chi connectivity index (χ1) is 14.0. The monoisotopic (exact) mass is 545 g/mol. The average molecular weight is 546 g/mol. The van der Waals surface area contributed by atoms with Crippen molar-refractivity contribution in [3.05, 3.63) is 65.3 Å². The molecule has 2 N–H and O–H groups in total. The molecular formula is C20H22ClFIN5O2. The van der Waals surface area contributed by atoms with Crippen molar-refractivity contribution in [1.82, 2.24) is 20.8 Å². The molecule has 30 heavy (non-hydrogen) atoms. The maximum atomic E-state index is 13.2. The Morgan fingerprint density at radius 3 is 2.77 bits per heavy atom. The number of ether oxygens (including phenoxy) is 1. The molecular weight excluding hydrogens is 524 g/mol. The molecule has 0 aliphatic heterocycles. The zero-order valence-corrected chi connectivity index (χ0v) is 19.5. The van der Waals surface area contributed by atoms with Crippen LogP contribution in [0.25, 0.3) is 11.4 Å². The highest BCUT2D eigenvalue weighted by Gasteiger charge is 2.11. The lowest BCUT2D eigenvalue weighted by Gasteiger charge is -2.17. The number of aromatic nitrogens is 2. The van der Waals surface area contributed by atoms with E-state index in [-0.39, 0.29) is 35.9 Å². The van der Waals surface area contributed by atoms with Crippen LogP contribution in [0.15, 0.2) is 58.0 Å². The quantitative estimate of drug-likeness (QED) is 0.262. The molecule has 0 saturated heterocycles. The topological polar surface area (TPSA) is 84.6 Å².